The molecule has 2 unspecified atom stereocenters. The molecule has 0 fully saturated rings. The van der Waals surface area contributed by atoms with Crippen LogP contribution in [-0.2, 0) is 16.0 Å². The average Bonchev–Trinajstić information content (AvgIpc) is 2.27. The lowest BCUT2D eigenvalue weighted by Crippen LogP contribution is -2.19. The summed E-state index contributed by atoms with van der Waals surface area (Å²) in [6, 6.07) is 6.10. The van der Waals surface area contributed by atoms with Gasteiger partial charge in [-0.1, -0.05) is 23.7 Å². The fraction of sp³-hybridized carbons (Fsp3) is 0.222. The lowest BCUT2D eigenvalue weighted by molar-refractivity contribution is 0.0600. The zero-order valence-electron chi connectivity index (χ0n) is 8.31. The number of carbonyl (C=O) groups excluding carboxylic acids is 1. The number of methoxy groups -OCH3 is 1. The van der Waals surface area contributed by atoms with Crippen LogP contribution in [0.2, 0.25) is 0 Å². The number of halogens is 1. The van der Waals surface area contributed by atoms with Gasteiger partial charge in [-0.15, -0.1) is 0 Å². The van der Waals surface area contributed by atoms with Crippen LogP contribution in [0.3, 0.4) is 0 Å². The van der Waals surface area contributed by atoms with Gasteiger partial charge in [-0.05, 0) is 17.7 Å². The average molecular weight is 263 g/mol. The Bertz CT molecular complexity index is 395. The van der Waals surface area contributed by atoms with E-state index in [0.29, 0.717) is 11.1 Å². The number of esters is 1. The number of nitrogens with one attached hydrogen (secondary N) is 1. The van der Waals surface area contributed by atoms with Gasteiger partial charge in [-0.25, -0.2) is 9.52 Å². The van der Waals surface area contributed by atoms with E-state index in [2.05, 4.69) is 9.46 Å². The topological polar surface area (TPSA) is 78.5 Å². The Morgan fingerprint density at radius 2 is 2.06 bits per heavy atom. The fourth-order valence-electron chi connectivity index (χ4n) is 1.06. The molecule has 0 aliphatic rings. The number of benzene rings is 1. The number of rotatable bonds is 4. The Balaban J connectivity index is 2.78. The van der Waals surface area contributed by atoms with Crippen molar-refractivity contribution in [2.45, 2.75) is 5.50 Å². The second-order valence-corrected chi connectivity index (χ2v) is 3.97. The molecular weight excluding hydrogens is 254 g/mol. The van der Waals surface area contributed by atoms with Gasteiger partial charge in [0, 0.05) is 11.3 Å². The van der Waals surface area contributed by atoms with Crippen molar-refractivity contribution >= 4 is 28.8 Å². The van der Waals surface area contributed by atoms with Gasteiger partial charge in [-0.3, -0.25) is 4.21 Å². The molecule has 2 atom stereocenters. The van der Waals surface area contributed by atoms with E-state index in [4.69, 9.17) is 11.6 Å². The molecule has 0 spiro atoms. The van der Waals surface area contributed by atoms with Crippen LogP contribution in [0.4, 0.5) is 0 Å². The molecule has 88 valence electrons. The molecule has 0 radical (unpaired) electrons. The highest BCUT2D eigenvalue weighted by atomic mass is 35.5. The number of ether oxygens (including phenoxy) is 1. The number of hydrogen-bond acceptors (Lipinski definition) is 4. The highest BCUT2D eigenvalue weighted by molar-refractivity contribution is 7.77. The largest absolute Gasteiger partial charge is 0.760 e. The lowest BCUT2D eigenvalue weighted by Gasteiger charge is -2.13. The summed E-state index contributed by atoms with van der Waals surface area (Å²) >= 11 is 3.31. The third-order valence-corrected chi connectivity index (χ3v) is 2.74. The highest BCUT2D eigenvalue weighted by Crippen LogP contribution is 2.18. The van der Waals surface area contributed by atoms with Gasteiger partial charge in [0.25, 0.3) is 0 Å². The summed E-state index contributed by atoms with van der Waals surface area (Å²) in [6.07, 6.45) is 0. The third-order valence-electron chi connectivity index (χ3n) is 1.82. The molecule has 0 amide bonds. The van der Waals surface area contributed by atoms with Crippen molar-refractivity contribution in [1.29, 1.82) is 0 Å². The standard InChI is InChI=1S/C9H10ClNO4S/c1-15-9(12)7-4-2-6(3-5-7)8(10)11-16(13)14/h2-5,8,11H,1H3,(H,13,14)/p-1. The second-order valence-electron chi connectivity index (χ2n) is 2.83. The van der Waals surface area contributed by atoms with Crippen LogP contribution in [0.15, 0.2) is 24.3 Å². The zero-order valence-corrected chi connectivity index (χ0v) is 9.88. The summed E-state index contributed by atoms with van der Waals surface area (Å²) in [5.74, 6) is -0.460. The molecule has 16 heavy (non-hydrogen) atoms. The fourth-order valence-corrected chi connectivity index (χ4v) is 1.73. The predicted molar refractivity (Wildman–Crippen MR) is 58.4 cm³/mol. The SMILES string of the molecule is COC(=O)c1ccc(C(Cl)NS(=O)[O-])cc1. The van der Waals surface area contributed by atoms with Crippen molar-refractivity contribution in [2.24, 2.45) is 0 Å². The van der Waals surface area contributed by atoms with Crippen LogP contribution < -0.4 is 4.72 Å². The molecular formula is C9H9ClNO4S-. The Morgan fingerprint density at radius 1 is 1.50 bits per heavy atom. The first-order valence-electron chi connectivity index (χ1n) is 4.22. The van der Waals surface area contributed by atoms with Crippen LogP contribution >= 0.6 is 11.6 Å². The van der Waals surface area contributed by atoms with E-state index < -0.39 is 22.7 Å². The summed E-state index contributed by atoms with van der Waals surface area (Å²) in [4.78, 5) is 11.1. The van der Waals surface area contributed by atoms with E-state index in [1.54, 1.807) is 12.1 Å². The maximum Gasteiger partial charge on any atom is 0.337 e. The third kappa shape index (κ3) is 3.57. The van der Waals surface area contributed by atoms with E-state index in [-0.39, 0.29) is 0 Å². The lowest BCUT2D eigenvalue weighted by atomic mass is 10.1. The number of hydrogen-bond donors (Lipinski definition) is 1. The summed E-state index contributed by atoms with van der Waals surface area (Å²) < 4.78 is 27.3. The van der Waals surface area contributed by atoms with Crippen molar-refractivity contribution < 1.29 is 18.3 Å². The van der Waals surface area contributed by atoms with Gasteiger partial charge in [0.2, 0.25) is 0 Å². The van der Waals surface area contributed by atoms with Crippen molar-refractivity contribution in [3.05, 3.63) is 35.4 Å². The molecule has 0 bridgehead atoms. The molecule has 0 heterocycles. The minimum absolute atomic E-state index is 0.373. The molecule has 1 N–H and O–H groups in total. The van der Waals surface area contributed by atoms with Crippen LogP contribution in [0.5, 0.6) is 0 Å². The molecule has 0 aromatic heterocycles. The minimum atomic E-state index is -2.44. The van der Waals surface area contributed by atoms with Crippen molar-refractivity contribution in [2.75, 3.05) is 7.11 Å². The quantitative estimate of drug-likeness (QED) is 0.381. The monoisotopic (exact) mass is 262 g/mol. The van der Waals surface area contributed by atoms with Crippen LogP contribution in [0, 0.1) is 0 Å². The van der Waals surface area contributed by atoms with E-state index in [0.717, 1.165) is 0 Å². The molecule has 0 aliphatic carbocycles. The first-order chi connectivity index (χ1) is 7.54. The predicted octanol–water partition coefficient (Wildman–Crippen LogP) is 1.09. The molecule has 0 saturated carbocycles. The van der Waals surface area contributed by atoms with Crippen molar-refractivity contribution in [3.63, 3.8) is 0 Å². The first kappa shape index (κ1) is 13.1. The Hall–Kier alpha value is -0.950. The van der Waals surface area contributed by atoms with E-state index in [1.807, 2.05) is 0 Å². The molecule has 0 saturated heterocycles. The van der Waals surface area contributed by atoms with Gasteiger partial charge < -0.3 is 9.29 Å². The maximum absolute atomic E-state index is 11.1. The van der Waals surface area contributed by atoms with Gasteiger partial charge in [-0.2, -0.15) is 0 Å². The molecule has 1 aromatic rings. The van der Waals surface area contributed by atoms with Gasteiger partial charge in [0.15, 0.2) is 0 Å². The van der Waals surface area contributed by atoms with Gasteiger partial charge in [0.05, 0.1) is 12.7 Å². The molecule has 1 rings (SSSR count). The highest BCUT2D eigenvalue weighted by Gasteiger charge is 2.09. The molecule has 1 aromatic carbocycles. The van der Waals surface area contributed by atoms with Crippen LogP contribution in [0.1, 0.15) is 21.4 Å². The first-order valence-corrected chi connectivity index (χ1v) is 5.73. The van der Waals surface area contributed by atoms with Crippen LogP contribution in [-0.4, -0.2) is 21.8 Å². The molecule has 0 aliphatic heterocycles. The van der Waals surface area contributed by atoms with Crippen LogP contribution in [0.25, 0.3) is 0 Å². The molecule has 7 heteroatoms. The molecule has 5 nitrogen and oxygen atoms in total. The summed E-state index contributed by atoms with van der Waals surface area (Å²) in [7, 11) is 1.28. The summed E-state index contributed by atoms with van der Waals surface area (Å²) in [5, 5.41) is 0. The van der Waals surface area contributed by atoms with Gasteiger partial charge >= 0.3 is 5.97 Å². The second kappa shape index (κ2) is 5.95. The summed E-state index contributed by atoms with van der Waals surface area (Å²) in [5.41, 5.74) is 0.0573. The van der Waals surface area contributed by atoms with E-state index in [1.165, 1.54) is 19.2 Å². The Kier molecular flexibility index (Phi) is 4.88. The van der Waals surface area contributed by atoms with Crippen molar-refractivity contribution in [1.82, 2.24) is 4.72 Å². The van der Waals surface area contributed by atoms with Crippen molar-refractivity contribution in [3.8, 4) is 0 Å². The smallest absolute Gasteiger partial charge is 0.337 e. The maximum atomic E-state index is 11.1. The number of alkyl halides is 1. The Labute approximate surface area is 100 Å². The van der Waals surface area contributed by atoms with Gasteiger partial charge in [0.1, 0.15) is 5.50 Å². The summed E-state index contributed by atoms with van der Waals surface area (Å²) in [6.45, 7) is 0. The Morgan fingerprint density at radius 3 is 2.50 bits per heavy atom. The van der Waals surface area contributed by atoms with E-state index in [9.17, 15) is 13.6 Å². The normalized spacial score (nSPS) is 14.2. The zero-order chi connectivity index (χ0) is 12.1. The number of carbonyl (C=O) groups is 1. The van der Waals surface area contributed by atoms with E-state index >= 15 is 0 Å². The minimum Gasteiger partial charge on any atom is -0.760 e.